The Hall–Kier alpha value is -2.34. The highest BCUT2D eigenvalue weighted by atomic mass is 35.5. The fourth-order valence-electron chi connectivity index (χ4n) is 2.32. The van der Waals surface area contributed by atoms with E-state index in [0.29, 0.717) is 5.69 Å². The lowest BCUT2D eigenvalue weighted by Gasteiger charge is -2.12. The lowest BCUT2D eigenvalue weighted by Crippen LogP contribution is -2.28. The zero-order chi connectivity index (χ0) is 21.7. The fourth-order valence-corrected chi connectivity index (χ4v) is 4.43. The van der Waals surface area contributed by atoms with Crippen LogP contribution in [0.5, 0.6) is 5.75 Å². The van der Waals surface area contributed by atoms with E-state index >= 15 is 0 Å². The maximum absolute atomic E-state index is 12.2. The molecule has 0 saturated heterocycles. The molecule has 0 aliphatic rings. The number of amides is 1. The molecular formula is C17H20ClN3O6S2. The highest BCUT2D eigenvalue weighted by molar-refractivity contribution is 7.92. The van der Waals surface area contributed by atoms with Gasteiger partial charge in [-0.15, -0.1) is 0 Å². The predicted octanol–water partition coefficient (Wildman–Crippen LogP) is 2.03. The molecule has 0 spiro atoms. The average Bonchev–Trinajstić information content (AvgIpc) is 2.61. The zero-order valence-electron chi connectivity index (χ0n) is 15.6. The quantitative estimate of drug-likeness (QED) is 0.523. The number of hydrogen-bond donors (Lipinski definition) is 3. The highest BCUT2D eigenvalue weighted by Crippen LogP contribution is 2.28. The fraction of sp³-hybridized carbons (Fsp3) is 0.235. The average molecular weight is 462 g/mol. The van der Waals surface area contributed by atoms with Crippen LogP contribution in [0.25, 0.3) is 0 Å². The Morgan fingerprint density at radius 2 is 1.79 bits per heavy atom. The number of anilines is 2. The summed E-state index contributed by atoms with van der Waals surface area (Å²) in [6, 6.07) is 10.3. The van der Waals surface area contributed by atoms with Crippen LogP contribution in [0.4, 0.5) is 11.4 Å². The van der Waals surface area contributed by atoms with Crippen molar-refractivity contribution in [1.82, 2.24) is 4.72 Å². The number of ether oxygens (including phenoxy) is 1. The summed E-state index contributed by atoms with van der Waals surface area (Å²) < 4.78 is 56.9. The second-order valence-corrected chi connectivity index (χ2v) is 9.81. The van der Waals surface area contributed by atoms with Crippen LogP contribution < -0.4 is 19.5 Å². The number of benzene rings is 2. The van der Waals surface area contributed by atoms with Crippen molar-refractivity contribution in [2.24, 2.45) is 0 Å². The van der Waals surface area contributed by atoms with Crippen molar-refractivity contribution in [2.45, 2.75) is 11.3 Å². The van der Waals surface area contributed by atoms with Crippen LogP contribution in [-0.2, 0) is 24.8 Å². The minimum Gasteiger partial charge on any atom is -0.494 e. The van der Waals surface area contributed by atoms with Gasteiger partial charge in [0.25, 0.3) is 0 Å². The number of carbonyl (C=O) groups excluding carboxylic acids is 1. The van der Waals surface area contributed by atoms with Gasteiger partial charge in [-0.3, -0.25) is 9.52 Å². The first kappa shape index (κ1) is 22.9. The number of hydrogen-bond acceptors (Lipinski definition) is 6. The number of sulfonamides is 2. The van der Waals surface area contributed by atoms with E-state index in [1.807, 2.05) is 0 Å². The molecule has 3 N–H and O–H groups in total. The van der Waals surface area contributed by atoms with Gasteiger partial charge >= 0.3 is 0 Å². The van der Waals surface area contributed by atoms with Crippen molar-refractivity contribution in [3.63, 3.8) is 0 Å². The molecule has 0 aromatic heterocycles. The van der Waals surface area contributed by atoms with Crippen molar-refractivity contribution in [1.29, 1.82) is 0 Å². The maximum atomic E-state index is 12.2. The number of rotatable bonds is 9. The maximum Gasteiger partial charge on any atom is 0.242 e. The SMILES string of the molecule is COc1cc(NC(=O)CCNS(=O)(=O)c2ccccc2Cl)ccc1NS(C)(=O)=O. The van der Waals surface area contributed by atoms with Crippen molar-refractivity contribution < 1.29 is 26.4 Å². The first-order valence-corrected chi connectivity index (χ1v) is 12.0. The summed E-state index contributed by atoms with van der Waals surface area (Å²) in [4.78, 5) is 12.0. The molecule has 0 unspecified atom stereocenters. The molecule has 2 rings (SSSR count). The van der Waals surface area contributed by atoms with Gasteiger partial charge in [0.1, 0.15) is 10.6 Å². The third kappa shape index (κ3) is 6.89. The summed E-state index contributed by atoms with van der Waals surface area (Å²) in [5.41, 5.74) is 0.584. The second kappa shape index (κ2) is 9.44. The van der Waals surface area contributed by atoms with Crippen molar-refractivity contribution >= 4 is 48.9 Å². The normalized spacial score (nSPS) is 11.7. The highest BCUT2D eigenvalue weighted by Gasteiger charge is 2.17. The summed E-state index contributed by atoms with van der Waals surface area (Å²) in [5, 5.41) is 2.67. The third-order valence-electron chi connectivity index (χ3n) is 3.55. The lowest BCUT2D eigenvalue weighted by molar-refractivity contribution is -0.116. The van der Waals surface area contributed by atoms with E-state index in [4.69, 9.17) is 16.3 Å². The van der Waals surface area contributed by atoms with Gasteiger partial charge in [-0.05, 0) is 24.3 Å². The van der Waals surface area contributed by atoms with E-state index in [0.717, 1.165) is 6.26 Å². The Morgan fingerprint density at radius 3 is 2.41 bits per heavy atom. The van der Waals surface area contributed by atoms with Crippen LogP contribution in [0, 0.1) is 0 Å². The van der Waals surface area contributed by atoms with Crippen LogP contribution in [0.1, 0.15) is 6.42 Å². The molecule has 0 heterocycles. The van der Waals surface area contributed by atoms with Crippen molar-refractivity contribution in [3.05, 3.63) is 47.5 Å². The van der Waals surface area contributed by atoms with Gasteiger partial charge in [-0.1, -0.05) is 23.7 Å². The van der Waals surface area contributed by atoms with Crippen LogP contribution in [0.15, 0.2) is 47.4 Å². The summed E-state index contributed by atoms with van der Waals surface area (Å²) in [6.45, 7) is -0.135. The van der Waals surface area contributed by atoms with E-state index < -0.39 is 26.0 Å². The molecule has 0 atom stereocenters. The molecule has 0 saturated carbocycles. The summed E-state index contributed by atoms with van der Waals surface area (Å²) in [6.07, 6.45) is 0.876. The van der Waals surface area contributed by atoms with E-state index in [1.54, 1.807) is 12.1 Å². The molecule has 158 valence electrons. The first-order valence-electron chi connectivity index (χ1n) is 8.22. The molecule has 0 radical (unpaired) electrons. The summed E-state index contributed by atoms with van der Waals surface area (Å²) >= 11 is 5.89. The number of halogens is 1. The van der Waals surface area contributed by atoms with Gasteiger partial charge in [0.2, 0.25) is 26.0 Å². The van der Waals surface area contributed by atoms with E-state index in [-0.39, 0.29) is 34.3 Å². The third-order valence-corrected chi connectivity index (χ3v) is 6.10. The Balaban J connectivity index is 1.96. The van der Waals surface area contributed by atoms with E-state index in [2.05, 4.69) is 14.8 Å². The van der Waals surface area contributed by atoms with Gasteiger partial charge in [0.15, 0.2) is 0 Å². The molecule has 0 aliphatic carbocycles. The second-order valence-electron chi connectivity index (χ2n) is 5.92. The standard InChI is InChI=1S/C17H20ClN3O6S2/c1-27-15-11-12(7-8-14(15)21-28(2,23)24)20-17(22)9-10-19-29(25,26)16-6-4-3-5-13(16)18/h3-8,11,19,21H,9-10H2,1-2H3,(H,20,22). The molecule has 12 heteroatoms. The molecule has 0 aliphatic heterocycles. The minimum absolute atomic E-state index is 0.0687. The smallest absolute Gasteiger partial charge is 0.242 e. The van der Waals surface area contributed by atoms with Gasteiger partial charge in [-0.2, -0.15) is 0 Å². The number of nitrogens with one attached hydrogen (secondary N) is 3. The monoisotopic (exact) mass is 461 g/mol. The predicted molar refractivity (Wildman–Crippen MR) is 111 cm³/mol. The lowest BCUT2D eigenvalue weighted by atomic mass is 10.2. The molecule has 2 aromatic carbocycles. The largest absolute Gasteiger partial charge is 0.494 e. The number of methoxy groups -OCH3 is 1. The van der Waals surface area contributed by atoms with Gasteiger partial charge in [-0.25, -0.2) is 21.6 Å². The molecule has 1 amide bonds. The Labute approximate surface area is 174 Å². The van der Waals surface area contributed by atoms with E-state index in [1.165, 1.54) is 37.4 Å². The molecule has 2 aromatic rings. The van der Waals surface area contributed by atoms with Gasteiger partial charge in [0, 0.05) is 24.7 Å². The molecule has 0 bridgehead atoms. The first-order chi connectivity index (χ1) is 13.5. The van der Waals surface area contributed by atoms with Crippen molar-refractivity contribution in [2.75, 3.05) is 29.9 Å². The Morgan fingerprint density at radius 1 is 1.10 bits per heavy atom. The summed E-state index contributed by atoms with van der Waals surface area (Å²) in [7, 11) is -5.97. The van der Waals surface area contributed by atoms with Crippen LogP contribution in [0.2, 0.25) is 5.02 Å². The molecule has 29 heavy (non-hydrogen) atoms. The zero-order valence-corrected chi connectivity index (χ0v) is 18.0. The number of carbonyl (C=O) groups is 1. The molecule has 0 fully saturated rings. The van der Waals surface area contributed by atoms with Crippen LogP contribution in [0.3, 0.4) is 0 Å². The molecular weight excluding hydrogens is 442 g/mol. The Kier molecular flexibility index (Phi) is 7.47. The van der Waals surface area contributed by atoms with Crippen LogP contribution in [-0.4, -0.2) is 42.7 Å². The summed E-state index contributed by atoms with van der Waals surface area (Å²) in [5.74, 6) is -0.231. The minimum atomic E-state index is -3.84. The molecule has 9 nitrogen and oxygen atoms in total. The topological polar surface area (TPSA) is 131 Å². The van der Waals surface area contributed by atoms with Gasteiger partial charge < -0.3 is 10.1 Å². The van der Waals surface area contributed by atoms with Crippen molar-refractivity contribution in [3.8, 4) is 5.75 Å². The Bertz CT molecular complexity index is 1100. The van der Waals surface area contributed by atoms with Gasteiger partial charge in [0.05, 0.1) is 24.1 Å². The van der Waals surface area contributed by atoms with Crippen LogP contribution >= 0.6 is 11.6 Å². The van der Waals surface area contributed by atoms with E-state index in [9.17, 15) is 21.6 Å².